The molecule has 1 amide bonds. The summed E-state index contributed by atoms with van der Waals surface area (Å²) >= 11 is 5.98. The summed E-state index contributed by atoms with van der Waals surface area (Å²) in [5.41, 5.74) is 1.15. The molecule has 2 rings (SSSR count). The molecule has 0 fully saturated rings. The van der Waals surface area contributed by atoms with Crippen molar-refractivity contribution in [2.75, 3.05) is 18.9 Å². The number of amides is 1. The Kier molecular flexibility index (Phi) is 4.57. The minimum atomic E-state index is -0.289. The van der Waals surface area contributed by atoms with Crippen LogP contribution in [0.1, 0.15) is 16.2 Å². The maximum absolute atomic E-state index is 12.0. The molecule has 0 aliphatic rings. The Hall–Kier alpha value is -2.08. The molecule has 0 saturated heterocycles. The van der Waals surface area contributed by atoms with E-state index in [2.05, 4.69) is 20.7 Å². The first-order valence-electron chi connectivity index (χ1n) is 6.21. The van der Waals surface area contributed by atoms with Gasteiger partial charge in [-0.15, -0.1) is 0 Å². The fourth-order valence-electron chi connectivity index (χ4n) is 1.72. The topological polar surface area (TPSA) is 71.8 Å². The minimum absolute atomic E-state index is 0.222. The van der Waals surface area contributed by atoms with Gasteiger partial charge in [-0.25, -0.2) is 4.98 Å². The average Bonchev–Trinajstić information content (AvgIpc) is 2.85. The number of hydrogen-bond acceptors (Lipinski definition) is 4. The van der Waals surface area contributed by atoms with Gasteiger partial charge in [0, 0.05) is 33.3 Å². The molecular formula is C13H16ClN5O. The Morgan fingerprint density at radius 1 is 1.40 bits per heavy atom. The van der Waals surface area contributed by atoms with Crippen LogP contribution in [0.4, 0.5) is 5.82 Å². The van der Waals surface area contributed by atoms with Gasteiger partial charge in [-0.3, -0.25) is 9.48 Å². The van der Waals surface area contributed by atoms with Crippen LogP contribution in [0.2, 0.25) is 5.02 Å². The molecule has 7 heteroatoms. The first kappa shape index (κ1) is 14.3. The lowest BCUT2D eigenvalue weighted by Gasteiger charge is -2.07. The van der Waals surface area contributed by atoms with Crippen LogP contribution < -0.4 is 10.6 Å². The van der Waals surface area contributed by atoms with E-state index in [9.17, 15) is 4.79 Å². The van der Waals surface area contributed by atoms with Crippen molar-refractivity contribution in [2.45, 2.75) is 6.42 Å². The van der Waals surface area contributed by atoms with Gasteiger partial charge in [0.05, 0.1) is 10.7 Å². The fourth-order valence-corrected chi connectivity index (χ4v) is 1.92. The number of carbonyl (C=O) groups is 1. The monoisotopic (exact) mass is 293 g/mol. The Labute approximate surface area is 122 Å². The summed E-state index contributed by atoms with van der Waals surface area (Å²) in [7, 11) is 3.59. The number of aryl methyl sites for hydroxylation is 1. The third-order valence-corrected chi connectivity index (χ3v) is 3.06. The first-order chi connectivity index (χ1) is 9.60. The Bertz CT molecular complexity index is 611. The second kappa shape index (κ2) is 6.38. The lowest BCUT2D eigenvalue weighted by atomic mass is 10.3. The third kappa shape index (κ3) is 3.48. The van der Waals surface area contributed by atoms with E-state index in [1.54, 1.807) is 23.9 Å². The van der Waals surface area contributed by atoms with Crippen molar-refractivity contribution in [3.63, 3.8) is 0 Å². The molecule has 0 spiro atoms. The van der Waals surface area contributed by atoms with Crippen LogP contribution in [0.25, 0.3) is 0 Å². The fraction of sp³-hybridized carbons (Fsp3) is 0.308. The molecule has 0 saturated carbocycles. The van der Waals surface area contributed by atoms with Gasteiger partial charge < -0.3 is 10.6 Å². The Balaban J connectivity index is 1.94. The molecule has 106 valence electrons. The van der Waals surface area contributed by atoms with Gasteiger partial charge in [0.1, 0.15) is 11.5 Å². The third-order valence-electron chi connectivity index (χ3n) is 2.75. The van der Waals surface area contributed by atoms with E-state index < -0.39 is 0 Å². The zero-order valence-electron chi connectivity index (χ0n) is 11.4. The van der Waals surface area contributed by atoms with Crippen LogP contribution in [-0.2, 0) is 13.5 Å². The molecule has 2 aromatic heterocycles. The number of hydrogen-bond donors (Lipinski definition) is 2. The van der Waals surface area contributed by atoms with E-state index in [0.717, 1.165) is 5.69 Å². The van der Waals surface area contributed by atoms with E-state index in [1.165, 1.54) is 0 Å². The van der Waals surface area contributed by atoms with E-state index >= 15 is 0 Å². The van der Waals surface area contributed by atoms with Crippen molar-refractivity contribution in [1.29, 1.82) is 0 Å². The van der Waals surface area contributed by atoms with Crippen molar-refractivity contribution in [1.82, 2.24) is 20.1 Å². The predicted octanol–water partition coefficient (Wildman–Crippen LogP) is 1.48. The molecule has 2 heterocycles. The van der Waals surface area contributed by atoms with Gasteiger partial charge in [-0.05, 0) is 18.2 Å². The predicted molar refractivity (Wildman–Crippen MR) is 78.0 cm³/mol. The summed E-state index contributed by atoms with van der Waals surface area (Å²) in [4.78, 5) is 16.2. The van der Waals surface area contributed by atoms with Crippen molar-refractivity contribution in [3.8, 4) is 0 Å². The second-order valence-electron chi connectivity index (χ2n) is 4.26. The van der Waals surface area contributed by atoms with Crippen LogP contribution in [0.15, 0.2) is 24.4 Å². The van der Waals surface area contributed by atoms with E-state index in [1.807, 2.05) is 19.3 Å². The highest BCUT2D eigenvalue weighted by Crippen LogP contribution is 2.16. The second-order valence-corrected chi connectivity index (χ2v) is 4.67. The number of rotatable bonds is 5. The maximum atomic E-state index is 12.0. The molecule has 6 nitrogen and oxygen atoms in total. The van der Waals surface area contributed by atoms with Crippen molar-refractivity contribution >= 4 is 23.3 Å². The van der Waals surface area contributed by atoms with Gasteiger partial charge in [-0.2, -0.15) is 5.10 Å². The number of nitrogens with zero attached hydrogens (tertiary/aromatic N) is 3. The number of carbonyl (C=O) groups excluding carboxylic acids is 1. The number of pyridine rings is 1. The molecule has 0 bridgehead atoms. The first-order valence-corrected chi connectivity index (χ1v) is 6.59. The highest BCUT2D eigenvalue weighted by Gasteiger charge is 2.12. The van der Waals surface area contributed by atoms with Gasteiger partial charge >= 0.3 is 0 Å². The largest absolute Gasteiger partial charge is 0.373 e. The van der Waals surface area contributed by atoms with Crippen LogP contribution >= 0.6 is 11.6 Å². The maximum Gasteiger partial charge on any atom is 0.271 e. The normalized spacial score (nSPS) is 10.3. The number of aromatic nitrogens is 3. The highest BCUT2D eigenvalue weighted by atomic mass is 35.5. The summed E-state index contributed by atoms with van der Waals surface area (Å²) in [6.07, 6.45) is 2.53. The molecule has 0 aromatic carbocycles. The van der Waals surface area contributed by atoms with Crippen molar-refractivity contribution in [3.05, 3.63) is 40.8 Å². The molecule has 0 aliphatic carbocycles. The standard InChI is InChI=1S/C13H16ClN5O/c1-15-11-4-3-10(14)12(17-11)13(20)16-7-5-9-6-8-19(2)18-9/h3-4,6,8H,5,7H2,1-2H3,(H,15,17)(H,16,20). The molecule has 0 atom stereocenters. The van der Waals surface area contributed by atoms with Gasteiger partial charge in [0.15, 0.2) is 0 Å². The summed E-state index contributed by atoms with van der Waals surface area (Å²) in [6, 6.07) is 5.28. The van der Waals surface area contributed by atoms with E-state index in [0.29, 0.717) is 23.8 Å². The van der Waals surface area contributed by atoms with E-state index in [4.69, 9.17) is 11.6 Å². The number of anilines is 1. The molecule has 2 N–H and O–H groups in total. The van der Waals surface area contributed by atoms with Crippen LogP contribution in [0.5, 0.6) is 0 Å². The molecule has 20 heavy (non-hydrogen) atoms. The summed E-state index contributed by atoms with van der Waals surface area (Å²) in [6.45, 7) is 0.484. The van der Waals surface area contributed by atoms with Crippen LogP contribution in [0.3, 0.4) is 0 Å². The zero-order chi connectivity index (χ0) is 14.5. The van der Waals surface area contributed by atoms with E-state index in [-0.39, 0.29) is 11.6 Å². The molecule has 2 aromatic rings. The SMILES string of the molecule is CNc1ccc(Cl)c(C(=O)NCCc2ccn(C)n2)n1. The minimum Gasteiger partial charge on any atom is -0.373 e. The van der Waals surface area contributed by atoms with Gasteiger partial charge in [0.2, 0.25) is 0 Å². The summed E-state index contributed by atoms with van der Waals surface area (Å²) in [5, 5.41) is 10.2. The lowest BCUT2D eigenvalue weighted by molar-refractivity contribution is 0.0949. The summed E-state index contributed by atoms with van der Waals surface area (Å²) in [5.74, 6) is 0.312. The van der Waals surface area contributed by atoms with Gasteiger partial charge in [-0.1, -0.05) is 11.6 Å². The summed E-state index contributed by atoms with van der Waals surface area (Å²) < 4.78 is 1.73. The molecule has 0 unspecified atom stereocenters. The Morgan fingerprint density at radius 3 is 2.85 bits per heavy atom. The Morgan fingerprint density at radius 2 is 2.20 bits per heavy atom. The van der Waals surface area contributed by atoms with Crippen molar-refractivity contribution < 1.29 is 4.79 Å². The molecular weight excluding hydrogens is 278 g/mol. The van der Waals surface area contributed by atoms with Crippen LogP contribution in [-0.4, -0.2) is 34.3 Å². The number of halogens is 1. The average molecular weight is 294 g/mol. The van der Waals surface area contributed by atoms with Crippen LogP contribution in [0, 0.1) is 0 Å². The van der Waals surface area contributed by atoms with Crippen molar-refractivity contribution in [2.24, 2.45) is 7.05 Å². The molecule has 0 radical (unpaired) electrons. The zero-order valence-corrected chi connectivity index (χ0v) is 12.1. The highest BCUT2D eigenvalue weighted by molar-refractivity contribution is 6.33. The lowest BCUT2D eigenvalue weighted by Crippen LogP contribution is -2.27. The molecule has 0 aliphatic heterocycles. The number of nitrogens with one attached hydrogen (secondary N) is 2. The smallest absolute Gasteiger partial charge is 0.271 e. The quantitative estimate of drug-likeness (QED) is 0.876. The van der Waals surface area contributed by atoms with Gasteiger partial charge in [0.25, 0.3) is 5.91 Å².